The van der Waals surface area contributed by atoms with Crippen molar-refractivity contribution in [2.75, 3.05) is 0 Å². The molecule has 0 amide bonds. The summed E-state index contributed by atoms with van der Waals surface area (Å²) in [5, 5.41) is 8.57. The van der Waals surface area contributed by atoms with Crippen LogP contribution in [0, 0.1) is 12.7 Å². The van der Waals surface area contributed by atoms with Crippen LogP contribution in [0.4, 0.5) is 4.39 Å². The maximum atomic E-state index is 13.4. The highest BCUT2D eigenvalue weighted by atomic mass is 19.1. The second-order valence-corrected chi connectivity index (χ2v) is 4.22. The summed E-state index contributed by atoms with van der Waals surface area (Å²) in [5.41, 5.74) is 2.32. The summed E-state index contributed by atoms with van der Waals surface area (Å²) in [6.07, 6.45) is 4.17. The maximum absolute atomic E-state index is 13.4. The van der Waals surface area contributed by atoms with Gasteiger partial charge in [0.05, 0.1) is 17.6 Å². The molecular formula is C12H12FN3. The van der Waals surface area contributed by atoms with E-state index in [1.807, 2.05) is 6.07 Å². The predicted molar refractivity (Wildman–Crippen MR) is 58.0 cm³/mol. The van der Waals surface area contributed by atoms with E-state index in [0.717, 1.165) is 5.69 Å². The van der Waals surface area contributed by atoms with Crippen molar-refractivity contribution in [2.24, 2.45) is 0 Å². The van der Waals surface area contributed by atoms with Crippen molar-refractivity contribution in [3.05, 3.63) is 41.5 Å². The second kappa shape index (κ2) is 3.40. The average Bonchev–Trinajstić information content (AvgIpc) is 3.02. The quantitative estimate of drug-likeness (QED) is 0.774. The van der Waals surface area contributed by atoms with Crippen LogP contribution < -0.4 is 0 Å². The van der Waals surface area contributed by atoms with E-state index in [4.69, 9.17) is 0 Å². The summed E-state index contributed by atoms with van der Waals surface area (Å²) >= 11 is 0. The summed E-state index contributed by atoms with van der Waals surface area (Å²) in [5.74, 6) is 0.352. The highest BCUT2D eigenvalue weighted by Crippen LogP contribution is 2.38. The molecule has 1 saturated carbocycles. The zero-order valence-corrected chi connectivity index (χ0v) is 9.02. The summed E-state index contributed by atoms with van der Waals surface area (Å²) in [4.78, 5) is 1.52. The molecule has 1 aliphatic rings. The van der Waals surface area contributed by atoms with Gasteiger partial charge in [0.25, 0.3) is 0 Å². The van der Waals surface area contributed by atoms with Crippen molar-refractivity contribution in [1.29, 1.82) is 0 Å². The SMILES string of the molecule is Cc1c(F)cccc1-n1ncc(C2CC2)n1. The molecule has 1 aromatic carbocycles. The summed E-state index contributed by atoms with van der Waals surface area (Å²) < 4.78 is 13.4. The Bertz CT molecular complexity index is 529. The van der Waals surface area contributed by atoms with Gasteiger partial charge in [-0.3, -0.25) is 0 Å². The van der Waals surface area contributed by atoms with Crippen LogP contribution >= 0.6 is 0 Å². The van der Waals surface area contributed by atoms with Gasteiger partial charge in [0.2, 0.25) is 0 Å². The van der Waals surface area contributed by atoms with E-state index in [2.05, 4.69) is 10.2 Å². The molecule has 82 valence electrons. The molecule has 0 saturated heterocycles. The normalized spacial score (nSPS) is 15.4. The van der Waals surface area contributed by atoms with Crippen LogP contribution in [0.3, 0.4) is 0 Å². The smallest absolute Gasteiger partial charge is 0.128 e. The number of benzene rings is 1. The highest BCUT2D eigenvalue weighted by Gasteiger charge is 2.26. The Balaban J connectivity index is 2.03. The Morgan fingerprint density at radius 2 is 2.19 bits per heavy atom. The molecular weight excluding hydrogens is 205 g/mol. The van der Waals surface area contributed by atoms with Crippen LogP contribution in [0.5, 0.6) is 0 Å². The van der Waals surface area contributed by atoms with Crippen molar-refractivity contribution < 1.29 is 4.39 Å². The Morgan fingerprint density at radius 1 is 1.38 bits per heavy atom. The Kier molecular flexibility index (Phi) is 2.02. The van der Waals surface area contributed by atoms with Crippen LogP contribution in [-0.2, 0) is 0 Å². The van der Waals surface area contributed by atoms with Gasteiger partial charge >= 0.3 is 0 Å². The van der Waals surface area contributed by atoms with Crippen molar-refractivity contribution in [2.45, 2.75) is 25.7 Å². The number of halogens is 1. The minimum Gasteiger partial charge on any atom is -0.207 e. The monoisotopic (exact) mass is 217 g/mol. The van der Waals surface area contributed by atoms with Gasteiger partial charge in [0, 0.05) is 11.5 Å². The molecule has 0 atom stereocenters. The molecule has 0 radical (unpaired) electrons. The van der Waals surface area contributed by atoms with Gasteiger partial charge in [0.1, 0.15) is 5.82 Å². The number of nitrogens with zero attached hydrogens (tertiary/aromatic N) is 3. The van der Waals surface area contributed by atoms with Crippen molar-refractivity contribution >= 4 is 0 Å². The lowest BCUT2D eigenvalue weighted by molar-refractivity contribution is 0.611. The largest absolute Gasteiger partial charge is 0.207 e. The van der Waals surface area contributed by atoms with E-state index < -0.39 is 0 Å². The first-order chi connectivity index (χ1) is 7.75. The van der Waals surface area contributed by atoms with Crippen LogP contribution in [0.15, 0.2) is 24.4 Å². The maximum Gasteiger partial charge on any atom is 0.128 e. The molecule has 0 N–H and O–H groups in total. The van der Waals surface area contributed by atoms with Gasteiger partial charge < -0.3 is 0 Å². The molecule has 0 unspecified atom stereocenters. The minimum atomic E-state index is -0.220. The van der Waals surface area contributed by atoms with Gasteiger partial charge in [0.15, 0.2) is 0 Å². The molecule has 1 aromatic heterocycles. The van der Waals surface area contributed by atoms with E-state index in [9.17, 15) is 4.39 Å². The minimum absolute atomic E-state index is 0.220. The van der Waals surface area contributed by atoms with Crippen LogP contribution in [0.1, 0.15) is 30.0 Å². The molecule has 3 nitrogen and oxygen atoms in total. The number of hydrogen-bond donors (Lipinski definition) is 0. The summed E-state index contributed by atoms with van der Waals surface area (Å²) in [6, 6.07) is 4.96. The molecule has 3 rings (SSSR count). The molecule has 0 bridgehead atoms. The topological polar surface area (TPSA) is 30.7 Å². The lowest BCUT2D eigenvalue weighted by Crippen LogP contribution is -2.02. The van der Waals surface area contributed by atoms with E-state index in [1.165, 1.54) is 23.7 Å². The first-order valence-corrected chi connectivity index (χ1v) is 5.43. The number of rotatable bonds is 2. The third-order valence-corrected chi connectivity index (χ3v) is 2.96. The standard InChI is InChI=1S/C12H12FN3/c1-8-10(13)3-2-4-12(8)16-14-7-11(15-16)9-5-6-9/h2-4,7,9H,5-6H2,1H3. The van der Waals surface area contributed by atoms with Gasteiger partial charge in [-0.25, -0.2) is 4.39 Å². The van der Waals surface area contributed by atoms with Crippen molar-refractivity contribution in [1.82, 2.24) is 15.0 Å². The lowest BCUT2D eigenvalue weighted by atomic mass is 10.2. The summed E-state index contributed by atoms with van der Waals surface area (Å²) in [6.45, 7) is 1.74. The molecule has 2 aromatic rings. The van der Waals surface area contributed by atoms with Gasteiger partial charge in [-0.15, -0.1) is 0 Å². The fourth-order valence-corrected chi connectivity index (χ4v) is 1.77. The first-order valence-electron chi connectivity index (χ1n) is 5.43. The third-order valence-electron chi connectivity index (χ3n) is 2.96. The van der Waals surface area contributed by atoms with Crippen LogP contribution in [-0.4, -0.2) is 15.0 Å². The van der Waals surface area contributed by atoms with Gasteiger partial charge in [-0.2, -0.15) is 15.0 Å². The highest BCUT2D eigenvalue weighted by molar-refractivity contribution is 5.39. The molecule has 1 heterocycles. The van der Waals surface area contributed by atoms with Crippen molar-refractivity contribution in [3.63, 3.8) is 0 Å². The molecule has 1 aliphatic carbocycles. The van der Waals surface area contributed by atoms with Crippen molar-refractivity contribution in [3.8, 4) is 5.69 Å². The Hall–Kier alpha value is -1.71. The van der Waals surface area contributed by atoms with Crippen LogP contribution in [0.2, 0.25) is 0 Å². The Morgan fingerprint density at radius 3 is 2.94 bits per heavy atom. The second-order valence-electron chi connectivity index (χ2n) is 4.22. The third kappa shape index (κ3) is 1.50. The van der Waals surface area contributed by atoms with E-state index in [1.54, 1.807) is 19.2 Å². The fourth-order valence-electron chi connectivity index (χ4n) is 1.77. The Labute approximate surface area is 92.9 Å². The average molecular weight is 217 g/mol. The zero-order valence-electron chi connectivity index (χ0n) is 9.02. The predicted octanol–water partition coefficient (Wildman–Crippen LogP) is 2.59. The molecule has 0 spiro atoms. The molecule has 16 heavy (non-hydrogen) atoms. The summed E-state index contributed by atoms with van der Waals surface area (Å²) in [7, 11) is 0. The fraction of sp³-hybridized carbons (Fsp3) is 0.333. The molecule has 4 heteroatoms. The molecule has 0 aliphatic heterocycles. The van der Waals surface area contributed by atoms with E-state index >= 15 is 0 Å². The van der Waals surface area contributed by atoms with E-state index in [0.29, 0.717) is 17.2 Å². The number of hydrogen-bond acceptors (Lipinski definition) is 2. The van der Waals surface area contributed by atoms with Gasteiger partial charge in [-0.05, 0) is 31.9 Å². The van der Waals surface area contributed by atoms with Gasteiger partial charge in [-0.1, -0.05) is 6.07 Å². The first kappa shape index (κ1) is 9.51. The lowest BCUT2D eigenvalue weighted by Gasteiger charge is -2.04. The number of aromatic nitrogens is 3. The van der Waals surface area contributed by atoms with E-state index in [-0.39, 0.29) is 5.82 Å². The molecule has 1 fully saturated rings. The van der Waals surface area contributed by atoms with Crippen LogP contribution in [0.25, 0.3) is 5.69 Å². The zero-order chi connectivity index (χ0) is 11.1.